The fourth-order valence-corrected chi connectivity index (χ4v) is 0.663. The van der Waals surface area contributed by atoms with Crippen LogP contribution in [0, 0.1) is 0 Å². The molecule has 6 heteroatoms. The normalized spacial score (nSPS) is 9.60. The highest BCUT2D eigenvalue weighted by Gasteiger charge is 2.29. The summed E-state index contributed by atoms with van der Waals surface area (Å²) in [6, 6.07) is -1.61. The zero-order chi connectivity index (χ0) is 12.0. The van der Waals surface area contributed by atoms with Gasteiger partial charge in [-0.25, -0.2) is 9.59 Å². The van der Waals surface area contributed by atoms with Gasteiger partial charge in [0.25, 0.3) is 0 Å². The van der Waals surface area contributed by atoms with Crippen molar-refractivity contribution in [2.45, 2.75) is 19.9 Å². The fourth-order valence-electron chi connectivity index (χ4n) is 0.663. The summed E-state index contributed by atoms with van der Waals surface area (Å²) in [5.74, 6) is -1.81. The van der Waals surface area contributed by atoms with Crippen molar-refractivity contribution < 1.29 is 24.3 Å². The highest BCUT2D eigenvalue weighted by Crippen LogP contribution is 2.01. The van der Waals surface area contributed by atoms with E-state index in [4.69, 9.17) is 5.21 Å². The summed E-state index contributed by atoms with van der Waals surface area (Å²) in [5.41, 5.74) is 1.48. The van der Waals surface area contributed by atoms with E-state index in [1.165, 1.54) is 19.3 Å². The zero-order valence-electron chi connectivity index (χ0n) is 8.57. The molecule has 0 fully saturated rings. The molecule has 6 nitrogen and oxygen atoms in total. The Morgan fingerprint density at radius 2 is 1.47 bits per heavy atom. The second-order valence-electron chi connectivity index (χ2n) is 2.81. The Balaban J connectivity index is 4.47. The van der Waals surface area contributed by atoms with E-state index in [2.05, 4.69) is 22.6 Å². The van der Waals surface area contributed by atoms with Gasteiger partial charge in [-0.1, -0.05) is 13.2 Å². The molecule has 2 N–H and O–H groups in total. The van der Waals surface area contributed by atoms with Crippen LogP contribution in [-0.4, -0.2) is 23.2 Å². The molecule has 0 bridgehead atoms. The minimum atomic E-state index is -1.61. The molecule has 84 valence electrons. The Morgan fingerprint density at radius 1 is 1.13 bits per heavy atom. The number of carbonyl (C=O) groups is 2. The maximum Gasteiger partial charge on any atom is 0.342 e. The highest BCUT2D eigenvalue weighted by molar-refractivity contribution is 5.99. The lowest BCUT2D eigenvalue weighted by atomic mass is 10.3. The first-order valence-electron chi connectivity index (χ1n) is 4.02. The quantitative estimate of drug-likeness (QED) is 0.300. The third kappa shape index (κ3) is 4.94. The summed E-state index contributed by atoms with van der Waals surface area (Å²) in [4.78, 5) is 22.3. The van der Waals surface area contributed by atoms with Gasteiger partial charge >= 0.3 is 11.9 Å². The minimum Gasteiger partial charge on any atom is -0.430 e. The van der Waals surface area contributed by atoms with Crippen LogP contribution in [0.25, 0.3) is 0 Å². The van der Waals surface area contributed by atoms with Crippen LogP contribution in [0.3, 0.4) is 0 Å². The third-order valence-corrected chi connectivity index (χ3v) is 1.15. The van der Waals surface area contributed by atoms with Gasteiger partial charge in [-0.3, -0.25) is 0 Å². The molecule has 0 unspecified atom stereocenters. The molecule has 0 spiro atoms. The summed E-state index contributed by atoms with van der Waals surface area (Å²) < 4.78 is 9.04. The molecule has 0 aromatic rings. The molecule has 0 saturated carbocycles. The number of nitrogens with one attached hydrogen (secondary N) is 1. The van der Waals surface area contributed by atoms with Crippen LogP contribution in [-0.2, 0) is 19.1 Å². The summed E-state index contributed by atoms with van der Waals surface area (Å²) >= 11 is 0. The number of allylic oxidation sites excluding steroid dienone is 2. The zero-order valence-corrected chi connectivity index (χ0v) is 8.57. The number of rotatable bonds is 5. The van der Waals surface area contributed by atoms with Crippen LogP contribution in [0.15, 0.2) is 24.7 Å². The Morgan fingerprint density at radius 3 is 1.67 bits per heavy atom. The SMILES string of the molecule is C=C(C)OC(=O)C(NO)C(=O)OC(=C)C. The molecule has 0 amide bonds. The lowest BCUT2D eigenvalue weighted by molar-refractivity contribution is -0.157. The van der Waals surface area contributed by atoms with Gasteiger partial charge in [0.2, 0.25) is 6.04 Å². The van der Waals surface area contributed by atoms with Crippen molar-refractivity contribution in [1.82, 2.24) is 5.48 Å². The Kier molecular flexibility index (Phi) is 5.29. The number of carbonyl (C=O) groups excluding carboxylic acids is 2. The second-order valence-corrected chi connectivity index (χ2v) is 2.81. The van der Waals surface area contributed by atoms with E-state index in [0.717, 1.165) is 0 Å². The van der Waals surface area contributed by atoms with Crippen molar-refractivity contribution in [3.63, 3.8) is 0 Å². The molecular weight excluding hydrogens is 202 g/mol. The number of ether oxygens (including phenoxy) is 2. The smallest absolute Gasteiger partial charge is 0.342 e. The highest BCUT2D eigenvalue weighted by atomic mass is 16.6. The van der Waals surface area contributed by atoms with E-state index in [1.54, 1.807) is 0 Å². The van der Waals surface area contributed by atoms with Crippen molar-refractivity contribution in [2.24, 2.45) is 0 Å². The standard InChI is InChI=1S/C9H13NO5/c1-5(2)14-8(11)7(10-13)9(12)15-6(3)4/h7,10,13H,1,3H2,2,4H3. The van der Waals surface area contributed by atoms with Crippen molar-refractivity contribution in [1.29, 1.82) is 0 Å². The number of hydroxylamine groups is 1. The molecule has 0 saturated heterocycles. The molecule has 0 aromatic heterocycles. The monoisotopic (exact) mass is 215 g/mol. The Labute approximate surface area is 87.1 Å². The molecular formula is C9H13NO5. The predicted molar refractivity (Wildman–Crippen MR) is 50.5 cm³/mol. The van der Waals surface area contributed by atoms with Crippen LogP contribution >= 0.6 is 0 Å². The molecule has 0 atom stereocenters. The van der Waals surface area contributed by atoms with Gasteiger partial charge < -0.3 is 14.7 Å². The average molecular weight is 215 g/mol. The number of hydrogen-bond donors (Lipinski definition) is 2. The van der Waals surface area contributed by atoms with Crippen LogP contribution in [0.2, 0.25) is 0 Å². The van der Waals surface area contributed by atoms with Crippen molar-refractivity contribution in [2.75, 3.05) is 0 Å². The molecule has 0 aliphatic rings. The van der Waals surface area contributed by atoms with Crippen molar-refractivity contribution in [3.8, 4) is 0 Å². The predicted octanol–water partition coefficient (Wildman–Crippen LogP) is 0.487. The second kappa shape index (κ2) is 5.94. The van der Waals surface area contributed by atoms with E-state index in [9.17, 15) is 9.59 Å². The number of hydrogen-bond acceptors (Lipinski definition) is 6. The topological polar surface area (TPSA) is 84.9 Å². The summed E-state index contributed by atoms with van der Waals surface area (Å²) in [6.45, 7) is 9.47. The maximum atomic E-state index is 11.2. The van der Waals surface area contributed by atoms with E-state index in [1.807, 2.05) is 0 Å². The van der Waals surface area contributed by atoms with E-state index < -0.39 is 18.0 Å². The lowest BCUT2D eigenvalue weighted by Crippen LogP contribution is -2.43. The number of esters is 2. The first kappa shape index (κ1) is 13.3. The van der Waals surface area contributed by atoms with E-state index >= 15 is 0 Å². The first-order chi connectivity index (χ1) is 6.88. The fraction of sp³-hybridized carbons (Fsp3) is 0.333. The largest absolute Gasteiger partial charge is 0.430 e. The van der Waals surface area contributed by atoms with Gasteiger partial charge in [-0.15, -0.1) is 0 Å². The van der Waals surface area contributed by atoms with Crippen LogP contribution in [0.5, 0.6) is 0 Å². The molecule has 0 aliphatic carbocycles. The summed E-state index contributed by atoms with van der Waals surface area (Å²) in [7, 11) is 0. The van der Waals surface area contributed by atoms with Gasteiger partial charge in [0.05, 0.1) is 11.5 Å². The van der Waals surface area contributed by atoms with Gasteiger partial charge in [0.1, 0.15) is 0 Å². The van der Waals surface area contributed by atoms with Crippen LogP contribution in [0.4, 0.5) is 0 Å². The van der Waals surface area contributed by atoms with Gasteiger partial charge in [0, 0.05) is 0 Å². The van der Waals surface area contributed by atoms with Gasteiger partial charge in [-0.2, -0.15) is 5.48 Å². The molecule has 0 radical (unpaired) electrons. The molecule has 0 aliphatic heterocycles. The molecule has 15 heavy (non-hydrogen) atoms. The average Bonchev–Trinajstić information content (AvgIpc) is 2.01. The minimum absolute atomic E-state index is 0.100. The van der Waals surface area contributed by atoms with Crippen LogP contribution < -0.4 is 5.48 Å². The Hall–Kier alpha value is -1.66. The summed E-state index contributed by atoms with van der Waals surface area (Å²) in [5, 5.41) is 8.58. The van der Waals surface area contributed by atoms with E-state index in [-0.39, 0.29) is 11.5 Å². The van der Waals surface area contributed by atoms with Gasteiger partial charge in [0.15, 0.2) is 0 Å². The Bertz CT molecular complexity index is 269. The van der Waals surface area contributed by atoms with Crippen LogP contribution in [0.1, 0.15) is 13.8 Å². The van der Waals surface area contributed by atoms with Crippen molar-refractivity contribution in [3.05, 3.63) is 24.7 Å². The van der Waals surface area contributed by atoms with Crippen molar-refractivity contribution >= 4 is 11.9 Å². The summed E-state index contributed by atoms with van der Waals surface area (Å²) in [6.07, 6.45) is 0. The first-order valence-corrected chi connectivity index (χ1v) is 4.02. The molecule has 0 rings (SSSR count). The maximum absolute atomic E-state index is 11.2. The lowest BCUT2D eigenvalue weighted by Gasteiger charge is -2.12. The van der Waals surface area contributed by atoms with Gasteiger partial charge in [-0.05, 0) is 13.8 Å². The molecule has 0 heterocycles. The van der Waals surface area contributed by atoms with E-state index in [0.29, 0.717) is 0 Å². The molecule has 0 aromatic carbocycles. The third-order valence-electron chi connectivity index (χ3n) is 1.15.